The number of hydrogen-bond donors (Lipinski definition) is 1. The third-order valence-electron chi connectivity index (χ3n) is 3.68. The van der Waals surface area contributed by atoms with Gasteiger partial charge in [-0.25, -0.2) is 4.79 Å². The minimum absolute atomic E-state index is 0.336. The van der Waals surface area contributed by atoms with Crippen LogP contribution in [0.2, 0.25) is 0 Å². The van der Waals surface area contributed by atoms with Crippen LogP contribution in [0.3, 0.4) is 0 Å². The van der Waals surface area contributed by atoms with Gasteiger partial charge in [-0.15, -0.1) is 11.8 Å². The van der Waals surface area contributed by atoms with Crippen molar-refractivity contribution in [3.63, 3.8) is 0 Å². The third-order valence-corrected chi connectivity index (χ3v) is 4.47. The number of benzene rings is 1. The number of esters is 1. The molecule has 0 saturated carbocycles. The Bertz CT molecular complexity index is 812. The van der Waals surface area contributed by atoms with Crippen LogP contribution in [0.4, 0.5) is 5.69 Å². The molecule has 0 aliphatic heterocycles. The molecule has 7 heteroatoms. The highest BCUT2D eigenvalue weighted by atomic mass is 32.2. The number of ether oxygens (including phenoxy) is 1. The molecule has 0 radical (unpaired) electrons. The zero-order chi connectivity index (χ0) is 18.4. The van der Waals surface area contributed by atoms with Crippen molar-refractivity contribution in [2.24, 2.45) is 7.05 Å². The Hall–Kier alpha value is -2.54. The van der Waals surface area contributed by atoms with Crippen LogP contribution in [0.25, 0.3) is 6.08 Å². The van der Waals surface area contributed by atoms with Crippen LogP contribution >= 0.6 is 11.8 Å². The number of nitrogens with zero attached hydrogens (tertiary/aromatic N) is 2. The highest BCUT2D eigenvalue weighted by Crippen LogP contribution is 2.24. The van der Waals surface area contributed by atoms with Crippen molar-refractivity contribution in [3.8, 4) is 0 Å². The van der Waals surface area contributed by atoms with Crippen molar-refractivity contribution >= 4 is 35.4 Å². The van der Waals surface area contributed by atoms with Crippen molar-refractivity contribution in [2.45, 2.75) is 18.7 Å². The van der Waals surface area contributed by atoms with Gasteiger partial charge in [0.05, 0.1) is 11.4 Å². The monoisotopic (exact) mass is 359 g/mol. The van der Waals surface area contributed by atoms with Crippen molar-refractivity contribution < 1.29 is 14.3 Å². The minimum Gasteiger partial charge on any atom is -0.452 e. The predicted molar refractivity (Wildman–Crippen MR) is 99.5 cm³/mol. The number of aromatic nitrogens is 2. The number of amides is 1. The summed E-state index contributed by atoms with van der Waals surface area (Å²) in [6.45, 7) is 3.45. The van der Waals surface area contributed by atoms with Crippen LogP contribution in [-0.2, 0) is 21.4 Å². The molecule has 2 rings (SSSR count). The summed E-state index contributed by atoms with van der Waals surface area (Å²) in [5.41, 5.74) is 3.36. The van der Waals surface area contributed by atoms with E-state index in [2.05, 4.69) is 10.4 Å². The molecule has 0 saturated heterocycles. The van der Waals surface area contributed by atoms with Crippen molar-refractivity contribution in [2.75, 3.05) is 18.2 Å². The van der Waals surface area contributed by atoms with Crippen LogP contribution in [0, 0.1) is 13.8 Å². The molecule has 1 heterocycles. The normalized spacial score (nSPS) is 10.9. The van der Waals surface area contributed by atoms with Gasteiger partial charge in [0, 0.05) is 29.3 Å². The quantitative estimate of drug-likeness (QED) is 0.488. The first-order valence-corrected chi connectivity index (χ1v) is 8.92. The molecule has 2 aromatic rings. The SMILES string of the molecule is CSc1ccccc1NC(=O)COC(=O)/C=C/c1c(C)nn(C)c1C. The first-order valence-electron chi connectivity index (χ1n) is 7.70. The second kappa shape index (κ2) is 8.53. The van der Waals surface area contributed by atoms with E-state index >= 15 is 0 Å². The highest BCUT2D eigenvalue weighted by Gasteiger charge is 2.10. The number of anilines is 1. The van der Waals surface area contributed by atoms with Gasteiger partial charge in [0.2, 0.25) is 0 Å². The van der Waals surface area contributed by atoms with Gasteiger partial charge < -0.3 is 10.1 Å². The molecule has 0 aliphatic carbocycles. The largest absolute Gasteiger partial charge is 0.452 e. The summed E-state index contributed by atoms with van der Waals surface area (Å²) in [4.78, 5) is 24.7. The Kier molecular flexibility index (Phi) is 6.41. The molecular weight excluding hydrogens is 338 g/mol. The standard InChI is InChI=1S/C18H21N3O3S/c1-12-14(13(2)21(3)20-12)9-10-18(23)24-11-17(22)19-15-7-5-6-8-16(15)25-4/h5-10H,11H2,1-4H3,(H,19,22)/b10-9+. The lowest BCUT2D eigenvalue weighted by atomic mass is 10.2. The zero-order valence-corrected chi connectivity index (χ0v) is 15.5. The molecule has 132 valence electrons. The van der Waals surface area contributed by atoms with Crippen LogP contribution in [0.15, 0.2) is 35.2 Å². The molecule has 25 heavy (non-hydrogen) atoms. The average molecular weight is 359 g/mol. The molecule has 1 amide bonds. The summed E-state index contributed by atoms with van der Waals surface area (Å²) >= 11 is 1.53. The van der Waals surface area contributed by atoms with Gasteiger partial charge in [-0.05, 0) is 38.3 Å². The molecule has 0 spiro atoms. The van der Waals surface area contributed by atoms with Crippen LogP contribution in [0.1, 0.15) is 17.0 Å². The maximum atomic E-state index is 11.9. The van der Waals surface area contributed by atoms with Gasteiger partial charge in [-0.3, -0.25) is 9.48 Å². The Labute approximate surface area is 151 Å². The van der Waals surface area contributed by atoms with Crippen molar-refractivity contribution in [1.82, 2.24) is 9.78 Å². The fourth-order valence-electron chi connectivity index (χ4n) is 2.30. The first kappa shape index (κ1) is 18.8. The van der Waals surface area contributed by atoms with Crippen LogP contribution in [0.5, 0.6) is 0 Å². The summed E-state index contributed by atoms with van der Waals surface area (Å²) in [7, 11) is 1.84. The van der Waals surface area contributed by atoms with E-state index in [0.29, 0.717) is 5.69 Å². The molecule has 0 unspecified atom stereocenters. The number of para-hydroxylation sites is 1. The Morgan fingerprint density at radius 3 is 2.68 bits per heavy atom. The molecule has 0 aliphatic rings. The number of carbonyl (C=O) groups excluding carboxylic acids is 2. The van der Waals surface area contributed by atoms with Crippen LogP contribution < -0.4 is 5.32 Å². The van der Waals surface area contributed by atoms with E-state index < -0.39 is 5.97 Å². The van der Waals surface area contributed by atoms with Gasteiger partial charge in [0.25, 0.3) is 5.91 Å². The van der Waals surface area contributed by atoms with Gasteiger partial charge in [0.15, 0.2) is 6.61 Å². The van der Waals surface area contributed by atoms with Crippen molar-refractivity contribution in [1.29, 1.82) is 0 Å². The zero-order valence-electron chi connectivity index (χ0n) is 14.7. The third kappa shape index (κ3) is 4.96. The van der Waals surface area contributed by atoms with Gasteiger partial charge >= 0.3 is 5.97 Å². The van der Waals surface area contributed by atoms with E-state index in [0.717, 1.165) is 21.8 Å². The summed E-state index contributed by atoms with van der Waals surface area (Å²) in [6, 6.07) is 7.45. The number of aryl methyl sites for hydroxylation is 2. The number of rotatable bonds is 6. The maximum Gasteiger partial charge on any atom is 0.331 e. The van der Waals surface area contributed by atoms with E-state index in [1.165, 1.54) is 17.8 Å². The number of thioether (sulfide) groups is 1. The lowest BCUT2D eigenvalue weighted by Gasteiger charge is -2.09. The second-order valence-corrected chi connectivity index (χ2v) is 6.25. The molecule has 1 aromatic heterocycles. The first-order chi connectivity index (χ1) is 11.9. The van der Waals surface area contributed by atoms with E-state index in [1.807, 2.05) is 45.4 Å². The maximum absolute atomic E-state index is 11.9. The lowest BCUT2D eigenvalue weighted by molar-refractivity contribution is -0.142. The van der Waals surface area contributed by atoms with Crippen LogP contribution in [-0.4, -0.2) is 34.5 Å². The van der Waals surface area contributed by atoms with Gasteiger partial charge in [-0.1, -0.05) is 12.1 Å². The molecule has 1 N–H and O–H groups in total. The summed E-state index contributed by atoms with van der Waals surface area (Å²) in [5.74, 6) is -0.951. The highest BCUT2D eigenvalue weighted by molar-refractivity contribution is 7.98. The lowest BCUT2D eigenvalue weighted by Crippen LogP contribution is -2.20. The summed E-state index contributed by atoms with van der Waals surface area (Å²) in [6.07, 6.45) is 4.89. The van der Waals surface area contributed by atoms with Gasteiger partial charge in [-0.2, -0.15) is 5.10 Å². The topological polar surface area (TPSA) is 73.2 Å². The summed E-state index contributed by atoms with van der Waals surface area (Å²) in [5, 5.41) is 7.01. The molecule has 6 nitrogen and oxygen atoms in total. The number of nitrogens with one attached hydrogen (secondary N) is 1. The predicted octanol–water partition coefficient (Wildman–Crippen LogP) is 2.95. The molecule has 0 fully saturated rings. The van der Waals surface area contributed by atoms with Crippen molar-refractivity contribution in [3.05, 3.63) is 47.3 Å². The van der Waals surface area contributed by atoms with E-state index in [4.69, 9.17) is 4.74 Å². The Morgan fingerprint density at radius 1 is 1.32 bits per heavy atom. The molecule has 0 bridgehead atoms. The van der Waals surface area contributed by atoms with E-state index in [-0.39, 0.29) is 12.5 Å². The molecule has 0 atom stereocenters. The fourth-order valence-corrected chi connectivity index (χ4v) is 2.86. The van der Waals surface area contributed by atoms with Gasteiger partial charge in [0.1, 0.15) is 0 Å². The fraction of sp³-hybridized carbons (Fsp3) is 0.278. The number of hydrogen-bond acceptors (Lipinski definition) is 5. The van der Waals surface area contributed by atoms with E-state index in [1.54, 1.807) is 16.8 Å². The van der Waals surface area contributed by atoms with E-state index in [9.17, 15) is 9.59 Å². The summed E-state index contributed by atoms with van der Waals surface area (Å²) < 4.78 is 6.73. The number of carbonyl (C=O) groups is 2. The minimum atomic E-state index is -0.573. The molecular formula is C18H21N3O3S. The average Bonchev–Trinajstić information content (AvgIpc) is 2.84. The Morgan fingerprint density at radius 2 is 2.04 bits per heavy atom. The Balaban J connectivity index is 1.89. The molecule has 1 aromatic carbocycles. The smallest absolute Gasteiger partial charge is 0.331 e. The second-order valence-electron chi connectivity index (χ2n) is 5.40.